The Bertz CT molecular complexity index is 375. The van der Waals surface area contributed by atoms with E-state index in [1.54, 1.807) is 4.90 Å². The van der Waals surface area contributed by atoms with Gasteiger partial charge >= 0.3 is 0 Å². The topological polar surface area (TPSA) is 13.7 Å². The SMILES string of the molecule is CC1CC[NH+](CCCCOc2cccc(Br)c2)CC1. The molecule has 1 heterocycles. The second-order valence-corrected chi connectivity index (χ2v) is 6.61. The first-order valence-corrected chi connectivity index (χ1v) is 8.25. The molecule has 0 radical (unpaired) electrons. The average molecular weight is 327 g/mol. The van der Waals surface area contributed by atoms with Gasteiger partial charge in [-0.05, 0) is 49.8 Å². The molecule has 1 N–H and O–H groups in total. The number of benzene rings is 1. The molecule has 19 heavy (non-hydrogen) atoms. The molecule has 0 unspecified atom stereocenters. The Hall–Kier alpha value is -0.540. The maximum absolute atomic E-state index is 5.75. The molecule has 0 aromatic heterocycles. The number of unbranched alkanes of at least 4 members (excludes halogenated alkanes) is 1. The zero-order valence-electron chi connectivity index (χ0n) is 11.8. The van der Waals surface area contributed by atoms with Gasteiger partial charge < -0.3 is 9.64 Å². The molecule has 0 atom stereocenters. The first kappa shape index (κ1) is 14.9. The van der Waals surface area contributed by atoms with Gasteiger partial charge in [-0.3, -0.25) is 0 Å². The number of nitrogens with one attached hydrogen (secondary N) is 1. The quantitative estimate of drug-likeness (QED) is 0.793. The van der Waals surface area contributed by atoms with Gasteiger partial charge in [0.1, 0.15) is 5.75 Å². The van der Waals surface area contributed by atoms with Crippen LogP contribution in [0.25, 0.3) is 0 Å². The highest BCUT2D eigenvalue weighted by Crippen LogP contribution is 2.17. The number of hydrogen-bond donors (Lipinski definition) is 1. The number of quaternary nitrogens is 1. The van der Waals surface area contributed by atoms with Crippen LogP contribution in [-0.4, -0.2) is 26.2 Å². The third kappa shape index (κ3) is 5.53. The maximum Gasteiger partial charge on any atom is 0.120 e. The lowest BCUT2D eigenvalue weighted by Gasteiger charge is -2.27. The fourth-order valence-electron chi connectivity index (χ4n) is 2.64. The van der Waals surface area contributed by atoms with Crippen molar-refractivity contribution in [2.45, 2.75) is 32.6 Å². The minimum Gasteiger partial charge on any atom is -0.494 e. The van der Waals surface area contributed by atoms with E-state index in [4.69, 9.17) is 4.74 Å². The van der Waals surface area contributed by atoms with Gasteiger partial charge in [-0.25, -0.2) is 0 Å². The lowest BCUT2D eigenvalue weighted by atomic mass is 9.99. The van der Waals surface area contributed by atoms with E-state index < -0.39 is 0 Å². The number of piperidine rings is 1. The summed E-state index contributed by atoms with van der Waals surface area (Å²) in [5.74, 6) is 1.91. The first-order valence-electron chi connectivity index (χ1n) is 7.46. The smallest absolute Gasteiger partial charge is 0.120 e. The predicted molar refractivity (Wildman–Crippen MR) is 82.8 cm³/mol. The van der Waals surface area contributed by atoms with Gasteiger partial charge in [0, 0.05) is 4.47 Å². The Morgan fingerprint density at radius 3 is 2.79 bits per heavy atom. The van der Waals surface area contributed by atoms with Crippen molar-refractivity contribution in [1.82, 2.24) is 0 Å². The zero-order chi connectivity index (χ0) is 13.5. The molecule has 3 heteroatoms. The van der Waals surface area contributed by atoms with Crippen molar-refractivity contribution < 1.29 is 9.64 Å². The van der Waals surface area contributed by atoms with Crippen LogP contribution in [0, 0.1) is 5.92 Å². The van der Waals surface area contributed by atoms with Gasteiger partial charge in [0.15, 0.2) is 0 Å². The molecule has 1 aliphatic rings. The van der Waals surface area contributed by atoms with Crippen LogP contribution in [0.1, 0.15) is 32.6 Å². The molecular weight excluding hydrogens is 302 g/mol. The van der Waals surface area contributed by atoms with E-state index in [-0.39, 0.29) is 0 Å². The summed E-state index contributed by atoms with van der Waals surface area (Å²) >= 11 is 3.46. The second-order valence-electron chi connectivity index (χ2n) is 5.70. The van der Waals surface area contributed by atoms with E-state index in [1.165, 1.54) is 38.9 Å². The van der Waals surface area contributed by atoms with Crippen molar-refractivity contribution in [3.63, 3.8) is 0 Å². The Morgan fingerprint density at radius 2 is 2.05 bits per heavy atom. The minimum absolute atomic E-state index is 0.833. The van der Waals surface area contributed by atoms with Crippen LogP contribution >= 0.6 is 15.9 Å². The Balaban J connectivity index is 1.55. The third-order valence-corrected chi connectivity index (χ3v) is 4.46. The van der Waals surface area contributed by atoms with Crippen LogP contribution in [0.5, 0.6) is 5.75 Å². The molecule has 0 bridgehead atoms. The molecule has 0 amide bonds. The normalized spacial score (nSPS) is 23.3. The average Bonchev–Trinajstić information content (AvgIpc) is 2.41. The molecule has 1 saturated heterocycles. The van der Waals surface area contributed by atoms with Crippen molar-refractivity contribution in [3.05, 3.63) is 28.7 Å². The fraction of sp³-hybridized carbons (Fsp3) is 0.625. The van der Waals surface area contributed by atoms with Crippen molar-refractivity contribution in [2.24, 2.45) is 5.92 Å². The summed E-state index contributed by atoms with van der Waals surface area (Å²) in [6.45, 7) is 7.26. The van der Waals surface area contributed by atoms with Crippen molar-refractivity contribution in [3.8, 4) is 5.75 Å². The molecular formula is C16H25BrNO+. The van der Waals surface area contributed by atoms with Crippen molar-refractivity contribution >= 4 is 15.9 Å². The number of hydrogen-bond acceptors (Lipinski definition) is 1. The van der Waals surface area contributed by atoms with Crippen LogP contribution in [0.2, 0.25) is 0 Å². The molecule has 0 aliphatic carbocycles. The number of rotatable bonds is 6. The lowest BCUT2D eigenvalue weighted by Crippen LogP contribution is -3.13. The molecule has 2 nitrogen and oxygen atoms in total. The fourth-order valence-corrected chi connectivity index (χ4v) is 3.02. The van der Waals surface area contributed by atoms with E-state index in [1.807, 2.05) is 24.3 Å². The minimum atomic E-state index is 0.833. The molecule has 106 valence electrons. The first-order chi connectivity index (χ1) is 9.24. The summed E-state index contributed by atoms with van der Waals surface area (Å²) in [4.78, 5) is 1.79. The van der Waals surface area contributed by atoms with Gasteiger partial charge in [-0.15, -0.1) is 0 Å². The largest absolute Gasteiger partial charge is 0.494 e. The number of ether oxygens (including phenoxy) is 1. The molecule has 1 aliphatic heterocycles. The van der Waals surface area contributed by atoms with Crippen LogP contribution < -0.4 is 9.64 Å². The van der Waals surface area contributed by atoms with Gasteiger partial charge in [0.05, 0.1) is 26.2 Å². The van der Waals surface area contributed by atoms with E-state index in [0.29, 0.717) is 0 Å². The summed E-state index contributed by atoms with van der Waals surface area (Å²) in [5.41, 5.74) is 0. The Kier molecular flexibility index (Phi) is 6.18. The van der Waals surface area contributed by atoms with Crippen LogP contribution in [0.3, 0.4) is 0 Å². The molecule has 0 saturated carbocycles. The Morgan fingerprint density at radius 1 is 1.26 bits per heavy atom. The summed E-state index contributed by atoms with van der Waals surface area (Å²) in [6.07, 6.45) is 5.25. The van der Waals surface area contributed by atoms with E-state index in [2.05, 4.69) is 22.9 Å². The second kappa shape index (κ2) is 7.91. The van der Waals surface area contributed by atoms with Crippen LogP contribution in [-0.2, 0) is 0 Å². The van der Waals surface area contributed by atoms with E-state index in [0.717, 1.165) is 29.2 Å². The standard InChI is InChI=1S/C16H24BrNO/c1-14-7-10-18(11-8-14)9-2-3-12-19-16-6-4-5-15(17)13-16/h4-6,13-14H,2-3,7-12H2,1H3/p+1. The highest BCUT2D eigenvalue weighted by Gasteiger charge is 2.17. The summed E-state index contributed by atoms with van der Waals surface area (Å²) in [5, 5.41) is 0. The van der Waals surface area contributed by atoms with Crippen molar-refractivity contribution in [1.29, 1.82) is 0 Å². The summed E-state index contributed by atoms with van der Waals surface area (Å²) in [6, 6.07) is 8.07. The predicted octanol–water partition coefficient (Wildman–Crippen LogP) is 2.92. The Labute approximate surface area is 125 Å². The van der Waals surface area contributed by atoms with Crippen LogP contribution in [0.4, 0.5) is 0 Å². The summed E-state index contributed by atoms with van der Waals surface area (Å²) in [7, 11) is 0. The maximum atomic E-state index is 5.75. The van der Waals surface area contributed by atoms with E-state index in [9.17, 15) is 0 Å². The number of halogens is 1. The molecule has 1 aromatic rings. The number of likely N-dealkylation sites (tertiary alicyclic amines) is 1. The highest BCUT2D eigenvalue weighted by atomic mass is 79.9. The lowest BCUT2D eigenvalue weighted by molar-refractivity contribution is -0.906. The van der Waals surface area contributed by atoms with E-state index >= 15 is 0 Å². The van der Waals surface area contributed by atoms with Crippen molar-refractivity contribution in [2.75, 3.05) is 26.2 Å². The van der Waals surface area contributed by atoms with Gasteiger partial charge in [-0.2, -0.15) is 0 Å². The molecule has 1 fully saturated rings. The zero-order valence-corrected chi connectivity index (χ0v) is 13.4. The summed E-state index contributed by atoms with van der Waals surface area (Å²) < 4.78 is 6.83. The highest BCUT2D eigenvalue weighted by molar-refractivity contribution is 9.10. The molecule has 1 aromatic carbocycles. The molecule has 2 rings (SSSR count). The van der Waals surface area contributed by atoms with Gasteiger partial charge in [0.2, 0.25) is 0 Å². The van der Waals surface area contributed by atoms with Crippen LogP contribution in [0.15, 0.2) is 28.7 Å². The molecule has 0 spiro atoms. The van der Waals surface area contributed by atoms with Gasteiger partial charge in [0.25, 0.3) is 0 Å². The third-order valence-electron chi connectivity index (χ3n) is 3.97. The monoisotopic (exact) mass is 326 g/mol. The van der Waals surface area contributed by atoms with Gasteiger partial charge in [-0.1, -0.05) is 28.9 Å².